The fourth-order valence-electron chi connectivity index (χ4n) is 3.40. The molecule has 0 unspecified atom stereocenters. The largest absolute Gasteiger partial charge is 0.243 e. The average Bonchev–Trinajstić information content (AvgIpc) is 3.22. The van der Waals surface area contributed by atoms with Crippen molar-refractivity contribution in [2.45, 2.75) is 22.6 Å². The number of nitrogens with one attached hydrogen (secondary N) is 1. The molecule has 11 heteroatoms. The minimum absolute atomic E-state index is 0.0142. The maximum Gasteiger partial charge on any atom is 0.243 e. The van der Waals surface area contributed by atoms with Gasteiger partial charge in [0.15, 0.2) is 5.52 Å². The van der Waals surface area contributed by atoms with Crippen LogP contribution in [0.4, 0.5) is 0 Å². The monoisotopic (exact) mass is 436 g/mol. The highest BCUT2D eigenvalue weighted by Gasteiger charge is 2.30. The predicted octanol–water partition coefficient (Wildman–Crippen LogP) is 1.60. The van der Waals surface area contributed by atoms with Gasteiger partial charge in [0.25, 0.3) is 0 Å². The van der Waals surface area contributed by atoms with Crippen molar-refractivity contribution < 1.29 is 21.5 Å². The first-order valence-corrected chi connectivity index (χ1v) is 12.1. The fourth-order valence-corrected chi connectivity index (χ4v) is 6.15. The van der Waals surface area contributed by atoms with Gasteiger partial charge in [-0.2, -0.15) is 4.31 Å². The predicted molar refractivity (Wildman–Crippen MR) is 105 cm³/mol. The molecular formula is C18H20N4O5S2. The number of fused-ring (bicyclic) bond motifs is 1. The second-order valence-electron chi connectivity index (χ2n) is 6.90. The summed E-state index contributed by atoms with van der Waals surface area (Å²) >= 11 is 0. The minimum Gasteiger partial charge on any atom is -0.243 e. The van der Waals surface area contributed by atoms with Crippen LogP contribution in [0, 0.1) is 5.92 Å². The van der Waals surface area contributed by atoms with Gasteiger partial charge in [-0.3, -0.25) is 0 Å². The molecule has 0 aliphatic carbocycles. The zero-order valence-electron chi connectivity index (χ0n) is 15.4. The van der Waals surface area contributed by atoms with Crippen molar-refractivity contribution in [3.05, 3.63) is 48.5 Å². The Hall–Kier alpha value is -2.34. The smallest absolute Gasteiger partial charge is 0.243 e. The fraction of sp³-hybridized carbons (Fsp3) is 0.333. The van der Waals surface area contributed by atoms with E-state index in [9.17, 15) is 16.8 Å². The Bertz CT molecular complexity index is 1200. The summed E-state index contributed by atoms with van der Waals surface area (Å²) in [5, 5.41) is 7.33. The molecule has 0 amide bonds. The number of rotatable bonds is 6. The van der Waals surface area contributed by atoms with Crippen molar-refractivity contribution in [3.8, 4) is 0 Å². The Morgan fingerprint density at radius 1 is 0.966 bits per heavy atom. The number of piperidine rings is 1. The molecule has 0 spiro atoms. The van der Waals surface area contributed by atoms with E-state index in [0.29, 0.717) is 31.4 Å². The number of nitrogens with zero attached hydrogens (tertiary/aromatic N) is 3. The molecule has 2 aromatic carbocycles. The Kier molecular flexibility index (Phi) is 5.38. The zero-order valence-corrected chi connectivity index (χ0v) is 17.1. The number of benzene rings is 2. The lowest BCUT2D eigenvalue weighted by Gasteiger charge is -2.31. The number of sulfonamides is 2. The van der Waals surface area contributed by atoms with Crippen LogP contribution in [0.15, 0.2) is 63.0 Å². The van der Waals surface area contributed by atoms with Gasteiger partial charge in [0.2, 0.25) is 20.0 Å². The molecule has 9 nitrogen and oxygen atoms in total. The van der Waals surface area contributed by atoms with Gasteiger partial charge in [-0.05, 0) is 53.3 Å². The molecule has 0 radical (unpaired) electrons. The molecule has 4 rings (SSSR count). The van der Waals surface area contributed by atoms with Crippen LogP contribution in [0.1, 0.15) is 12.8 Å². The van der Waals surface area contributed by atoms with Crippen LogP contribution in [0.25, 0.3) is 11.0 Å². The molecule has 154 valence electrons. The van der Waals surface area contributed by atoms with Gasteiger partial charge in [0, 0.05) is 19.6 Å². The van der Waals surface area contributed by atoms with Crippen molar-refractivity contribution >= 4 is 31.1 Å². The summed E-state index contributed by atoms with van der Waals surface area (Å²) in [6, 6.07) is 13.0. The summed E-state index contributed by atoms with van der Waals surface area (Å²) in [7, 11) is -7.31. The standard InChI is InChI=1S/C18H20N4O5S2/c23-28(24,17-8-4-7-16-18(17)21-27-20-16)19-13-14-9-11-22(12-10-14)29(25,26)15-5-2-1-3-6-15/h1-8,14,19H,9-13H2. The molecule has 0 saturated carbocycles. The molecule has 1 aliphatic rings. The highest BCUT2D eigenvalue weighted by atomic mass is 32.2. The first-order valence-electron chi connectivity index (χ1n) is 9.14. The third-order valence-corrected chi connectivity index (χ3v) is 8.42. The molecule has 29 heavy (non-hydrogen) atoms. The molecule has 0 atom stereocenters. The molecule has 1 aliphatic heterocycles. The van der Waals surface area contributed by atoms with Gasteiger partial charge < -0.3 is 0 Å². The van der Waals surface area contributed by atoms with Crippen LogP contribution in [0.3, 0.4) is 0 Å². The summed E-state index contributed by atoms with van der Waals surface area (Å²) in [5.41, 5.74) is 0.552. The topological polar surface area (TPSA) is 122 Å². The van der Waals surface area contributed by atoms with Crippen LogP contribution in [-0.2, 0) is 20.0 Å². The summed E-state index contributed by atoms with van der Waals surface area (Å²) in [6.45, 7) is 0.933. The maximum atomic E-state index is 12.7. The van der Waals surface area contributed by atoms with E-state index in [-0.39, 0.29) is 27.8 Å². The zero-order chi connectivity index (χ0) is 20.5. The minimum atomic E-state index is -3.79. The number of hydrogen-bond acceptors (Lipinski definition) is 7. The Morgan fingerprint density at radius 3 is 2.41 bits per heavy atom. The van der Waals surface area contributed by atoms with E-state index in [0.717, 1.165) is 0 Å². The molecule has 1 aromatic heterocycles. The van der Waals surface area contributed by atoms with E-state index in [1.54, 1.807) is 42.5 Å². The summed E-state index contributed by atoms with van der Waals surface area (Å²) in [6.07, 6.45) is 1.15. The van der Waals surface area contributed by atoms with Gasteiger partial charge in [-0.15, -0.1) is 0 Å². The van der Waals surface area contributed by atoms with E-state index in [1.807, 2.05) is 0 Å². The highest BCUT2D eigenvalue weighted by molar-refractivity contribution is 7.89. The first-order chi connectivity index (χ1) is 13.9. The molecule has 1 fully saturated rings. The molecule has 1 saturated heterocycles. The molecule has 1 N–H and O–H groups in total. The Balaban J connectivity index is 1.38. The molecule has 0 bridgehead atoms. The van der Waals surface area contributed by atoms with Gasteiger partial charge in [0.1, 0.15) is 10.4 Å². The van der Waals surface area contributed by atoms with Crippen LogP contribution >= 0.6 is 0 Å². The second-order valence-corrected chi connectivity index (χ2v) is 10.6. The first kappa shape index (κ1) is 20.0. The van der Waals surface area contributed by atoms with Gasteiger partial charge in [0.05, 0.1) is 4.90 Å². The van der Waals surface area contributed by atoms with E-state index in [2.05, 4.69) is 19.7 Å². The number of aromatic nitrogens is 2. The van der Waals surface area contributed by atoms with Crippen LogP contribution in [-0.4, -0.2) is 51.1 Å². The lowest BCUT2D eigenvalue weighted by atomic mass is 9.99. The summed E-state index contributed by atoms with van der Waals surface area (Å²) in [4.78, 5) is 0.286. The van der Waals surface area contributed by atoms with Gasteiger partial charge in [-0.1, -0.05) is 24.3 Å². The van der Waals surface area contributed by atoms with Gasteiger partial charge >= 0.3 is 0 Å². The Labute approximate surface area is 168 Å². The summed E-state index contributed by atoms with van der Waals surface area (Å²) in [5.74, 6) is 0.0432. The lowest BCUT2D eigenvalue weighted by molar-refractivity contribution is 0.274. The normalized spacial score (nSPS) is 17.0. The third-order valence-electron chi connectivity index (χ3n) is 5.06. The van der Waals surface area contributed by atoms with Gasteiger partial charge in [-0.25, -0.2) is 26.2 Å². The van der Waals surface area contributed by atoms with Crippen LogP contribution < -0.4 is 4.72 Å². The molecule has 2 heterocycles. The maximum absolute atomic E-state index is 12.7. The molecule has 3 aromatic rings. The van der Waals surface area contributed by atoms with Crippen molar-refractivity contribution in [2.75, 3.05) is 19.6 Å². The van der Waals surface area contributed by atoms with Crippen molar-refractivity contribution in [2.24, 2.45) is 5.92 Å². The second kappa shape index (κ2) is 7.82. The van der Waals surface area contributed by atoms with E-state index in [4.69, 9.17) is 0 Å². The quantitative estimate of drug-likeness (QED) is 0.623. The van der Waals surface area contributed by atoms with E-state index < -0.39 is 20.0 Å². The van der Waals surface area contributed by atoms with Crippen molar-refractivity contribution in [1.29, 1.82) is 0 Å². The van der Waals surface area contributed by atoms with E-state index >= 15 is 0 Å². The lowest BCUT2D eigenvalue weighted by Crippen LogP contribution is -2.41. The van der Waals surface area contributed by atoms with Crippen molar-refractivity contribution in [1.82, 2.24) is 19.3 Å². The van der Waals surface area contributed by atoms with E-state index in [1.165, 1.54) is 10.4 Å². The SMILES string of the molecule is O=S(=O)(NCC1CCN(S(=O)(=O)c2ccccc2)CC1)c1cccc2nonc12. The van der Waals surface area contributed by atoms with Crippen molar-refractivity contribution in [3.63, 3.8) is 0 Å². The summed E-state index contributed by atoms with van der Waals surface area (Å²) < 4.78 is 59.4. The third kappa shape index (κ3) is 4.04. The Morgan fingerprint density at radius 2 is 1.69 bits per heavy atom. The number of hydrogen-bond donors (Lipinski definition) is 1. The van der Waals surface area contributed by atoms with Crippen LogP contribution in [0.2, 0.25) is 0 Å². The highest BCUT2D eigenvalue weighted by Crippen LogP contribution is 2.24. The average molecular weight is 437 g/mol. The molecular weight excluding hydrogens is 416 g/mol. The van der Waals surface area contributed by atoms with Crippen LogP contribution in [0.5, 0.6) is 0 Å².